The van der Waals surface area contributed by atoms with Crippen LogP contribution >= 0.6 is 0 Å². The highest BCUT2D eigenvalue weighted by Crippen LogP contribution is 2.55. The van der Waals surface area contributed by atoms with Gasteiger partial charge in [0.25, 0.3) is 0 Å². The highest BCUT2D eigenvalue weighted by Gasteiger charge is 2.63. The monoisotopic (exact) mass is 372 g/mol. The van der Waals surface area contributed by atoms with Crippen molar-refractivity contribution in [1.82, 2.24) is 0 Å². The number of methoxy groups -OCH3 is 2. The van der Waals surface area contributed by atoms with Crippen molar-refractivity contribution in [2.45, 2.75) is 31.2 Å². The number of hydrogen-bond acceptors (Lipinski definition) is 6. The highest BCUT2D eigenvalue weighted by molar-refractivity contribution is 5.94. The van der Waals surface area contributed by atoms with E-state index in [4.69, 9.17) is 23.7 Å². The molecule has 2 heterocycles. The summed E-state index contributed by atoms with van der Waals surface area (Å²) in [6.45, 7) is 6.08. The van der Waals surface area contributed by atoms with Crippen LogP contribution in [0.3, 0.4) is 0 Å². The summed E-state index contributed by atoms with van der Waals surface area (Å²) < 4.78 is 29.0. The van der Waals surface area contributed by atoms with Crippen LogP contribution in [0.25, 0.3) is 0 Å². The summed E-state index contributed by atoms with van der Waals surface area (Å²) in [5, 5.41) is 0. The molecule has 1 aliphatic carbocycles. The standard InChI is InChI=1S/C21H24O6/c1-5-6-14-15(22)10-18(23-3)21(24-4)12(2)19(27-20(14)21)13-7-8-16-17(9-13)26-11-25-16/h5,7-10,12,14,19-20H,1,6,11H2,2-4H3/t12-,14+,19+,20+,21-/m0/s1. The molecule has 3 aliphatic rings. The lowest BCUT2D eigenvalue weighted by molar-refractivity contribution is -0.141. The number of ether oxygens (including phenoxy) is 5. The van der Waals surface area contributed by atoms with Crippen LogP contribution in [0.2, 0.25) is 0 Å². The fraction of sp³-hybridized carbons (Fsp3) is 0.476. The average Bonchev–Trinajstić information content (AvgIpc) is 3.26. The van der Waals surface area contributed by atoms with Crippen molar-refractivity contribution < 1.29 is 28.5 Å². The minimum atomic E-state index is -0.836. The summed E-state index contributed by atoms with van der Waals surface area (Å²) in [5.74, 6) is 1.47. The summed E-state index contributed by atoms with van der Waals surface area (Å²) in [5.41, 5.74) is 0.120. The Hall–Kier alpha value is -2.31. The van der Waals surface area contributed by atoms with Crippen LogP contribution < -0.4 is 9.47 Å². The van der Waals surface area contributed by atoms with E-state index in [2.05, 4.69) is 13.5 Å². The smallest absolute Gasteiger partial charge is 0.231 e. The molecule has 1 saturated heterocycles. The van der Waals surface area contributed by atoms with Crippen molar-refractivity contribution in [1.29, 1.82) is 0 Å². The lowest BCUT2D eigenvalue weighted by atomic mass is 9.71. The first kappa shape index (κ1) is 18.1. The Balaban J connectivity index is 1.78. The van der Waals surface area contributed by atoms with Gasteiger partial charge in [0.05, 0.1) is 19.1 Å². The van der Waals surface area contributed by atoms with Gasteiger partial charge in [0.1, 0.15) is 11.9 Å². The Kier molecular flexibility index (Phi) is 4.48. The Morgan fingerprint density at radius 1 is 1.30 bits per heavy atom. The van der Waals surface area contributed by atoms with Crippen molar-refractivity contribution in [3.05, 3.63) is 48.3 Å². The topological polar surface area (TPSA) is 63.2 Å². The molecule has 27 heavy (non-hydrogen) atoms. The Morgan fingerprint density at radius 2 is 2.07 bits per heavy atom. The lowest BCUT2D eigenvalue weighted by Crippen LogP contribution is -2.54. The summed E-state index contributed by atoms with van der Waals surface area (Å²) in [6, 6.07) is 5.79. The van der Waals surface area contributed by atoms with Crippen LogP contribution in [-0.4, -0.2) is 38.5 Å². The van der Waals surface area contributed by atoms with Crippen molar-refractivity contribution in [3.63, 3.8) is 0 Å². The van der Waals surface area contributed by atoms with Crippen molar-refractivity contribution in [2.75, 3.05) is 21.0 Å². The van der Waals surface area contributed by atoms with E-state index in [0.717, 1.165) is 11.3 Å². The van der Waals surface area contributed by atoms with Crippen LogP contribution in [0.15, 0.2) is 42.7 Å². The van der Waals surface area contributed by atoms with E-state index in [1.165, 1.54) is 0 Å². The summed E-state index contributed by atoms with van der Waals surface area (Å²) in [7, 11) is 3.20. The van der Waals surface area contributed by atoms with Gasteiger partial charge in [0, 0.05) is 19.1 Å². The number of fused-ring (bicyclic) bond motifs is 2. The van der Waals surface area contributed by atoms with Gasteiger partial charge in [-0.15, -0.1) is 6.58 Å². The average molecular weight is 372 g/mol. The van der Waals surface area contributed by atoms with Crippen LogP contribution in [0.4, 0.5) is 0 Å². The molecule has 0 amide bonds. The molecule has 1 fully saturated rings. The van der Waals surface area contributed by atoms with E-state index in [1.54, 1.807) is 26.4 Å². The summed E-state index contributed by atoms with van der Waals surface area (Å²) in [6.07, 6.45) is 3.08. The van der Waals surface area contributed by atoms with Gasteiger partial charge in [0.15, 0.2) is 22.9 Å². The van der Waals surface area contributed by atoms with E-state index in [0.29, 0.717) is 17.9 Å². The third-order valence-corrected chi connectivity index (χ3v) is 5.94. The molecular weight excluding hydrogens is 348 g/mol. The molecule has 5 atom stereocenters. The SMILES string of the molecule is C=CC[C@@H]1C(=O)C=C(OC)[C@]2(OC)[C@@H]1O[C@@H](c1ccc3c(c1)OCO3)[C@@H]2C. The van der Waals surface area contributed by atoms with Crippen LogP contribution in [-0.2, 0) is 19.0 Å². The fourth-order valence-corrected chi connectivity index (χ4v) is 4.62. The van der Waals surface area contributed by atoms with Gasteiger partial charge in [0.2, 0.25) is 6.79 Å². The molecule has 0 saturated carbocycles. The van der Waals surface area contributed by atoms with Gasteiger partial charge in [-0.25, -0.2) is 0 Å². The largest absolute Gasteiger partial charge is 0.498 e. The van der Waals surface area contributed by atoms with Crippen molar-refractivity contribution in [2.24, 2.45) is 11.8 Å². The lowest BCUT2D eigenvalue weighted by Gasteiger charge is -2.42. The number of benzene rings is 1. The Bertz CT molecular complexity index is 800. The second kappa shape index (κ2) is 6.69. The normalized spacial score (nSPS) is 34.2. The third-order valence-electron chi connectivity index (χ3n) is 5.94. The molecule has 4 rings (SSSR count). The molecule has 0 N–H and O–H groups in total. The molecule has 0 bridgehead atoms. The second-order valence-electron chi connectivity index (χ2n) is 7.12. The second-order valence-corrected chi connectivity index (χ2v) is 7.12. The van der Waals surface area contributed by atoms with Crippen LogP contribution in [0.1, 0.15) is 25.0 Å². The molecule has 2 aliphatic heterocycles. The maximum atomic E-state index is 12.7. The molecule has 144 valence electrons. The number of hydrogen-bond donors (Lipinski definition) is 0. The minimum absolute atomic E-state index is 0.0250. The summed E-state index contributed by atoms with van der Waals surface area (Å²) >= 11 is 0. The first-order chi connectivity index (χ1) is 13.1. The molecule has 0 unspecified atom stereocenters. The van der Waals surface area contributed by atoms with E-state index >= 15 is 0 Å². The number of carbonyl (C=O) groups is 1. The van der Waals surface area contributed by atoms with E-state index in [1.807, 2.05) is 18.2 Å². The zero-order chi connectivity index (χ0) is 19.2. The first-order valence-corrected chi connectivity index (χ1v) is 9.07. The Labute approximate surface area is 158 Å². The molecular formula is C21H24O6. The minimum Gasteiger partial charge on any atom is -0.498 e. The number of ketones is 1. The third kappa shape index (κ3) is 2.51. The number of rotatable bonds is 5. The molecule has 0 aromatic heterocycles. The van der Waals surface area contributed by atoms with Gasteiger partial charge in [-0.3, -0.25) is 4.79 Å². The molecule has 1 aromatic rings. The van der Waals surface area contributed by atoms with E-state index in [-0.39, 0.29) is 30.5 Å². The Morgan fingerprint density at radius 3 is 2.78 bits per heavy atom. The van der Waals surface area contributed by atoms with Gasteiger partial charge in [-0.05, 0) is 24.1 Å². The molecule has 6 heteroatoms. The quantitative estimate of drug-likeness (QED) is 0.740. The van der Waals surface area contributed by atoms with E-state index < -0.39 is 11.7 Å². The fourth-order valence-electron chi connectivity index (χ4n) is 4.62. The van der Waals surface area contributed by atoms with Crippen molar-refractivity contribution >= 4 is 5.78 Å². The van der Waals surface area contributed by atoms with Crippen LogP contribution in [0, 0.1) is 11.8 Å². The maximum absolute atomic E-state index is 12.7. The van der Waals surface area contributed by atoms with Crippen molar-refractivity contribution in [3.8, 4) is 11.5 Å². The predicted molar refractivity (Wildman–Crippen MR) is 97.5 cm³/mol. The van der Waals surface area contributed by atoms with Gasteiger partial charge in [-0.2, -0.15) is 0 Å². The number of allylic oxidation sites excluding steroid dienone is 2. The van der Waals surface area contributed by atoms with E-state index in [9.17, 15) is 4.79 Å². The highest BCUT2D eigenvalue weighted by atomic mass is 16.7. The van der Waals surface area contributed by atoms with Gasteiger partial charge < -0.3 is 23.7 Å². The summed E-state index contributed by atoms with van der Waals surface area (Å²) in [4.78, 5) is 12.7. The van der Waals surface area contributed by atoms with Gasteiger partial charge >= 0.3 is 0 Å². The van der Waals surface area contributed by atoms with Gasteiger partial charge in [-0.1, -0.05) is 19.1 Å². The first-order valence-electron chi connectivity index (χ1n) is 9.07. The molecule has 0 spiro atoms. The molecule has 0 radical (unpaired) electrons. The number of carbonyl (C=O) groups excluding carboxylic acids is 1. The molecule has 6 nitrogen and oxygen atoms in total. The predicted octanol–water partition coefficient (Wildman–Crippen LogP) is 3.18. The maximum Gasteiger partial charge on any atom is 0.231 e. The molecule has 1 aromatic carbocycles. The zero-order valence-corrected chi connectivity index (χ0v) is 15.8. The zero-order valence-electron chi connectivity index (χ0n) is 15.8. The van der Waals surface area contributed by atoms with Crippen LogP contribution in [0.5, 0.6) is 11.5 Å².